The second-order valence-corrected chi connectivity index (χ2v) is 15.1. The Bertz CT molecular complexity index is 3020. The molecule has 0 aliphatic heterocycles. The quantitative estimate of drug-likeness (QED) is 0.186. The maximum absolute atomic E-state index is 6.59. The van der Waals surface area contributed by atoms with Gasteiger partial charge >= 0.3 is 0 Å². The molecular weight excluding hydrogens is 645 g/mol. The minimum atomic E-state index is -0.0611. The van der Waals surface area contributed by atoms with E-state index in [0.717, 1.165) is 55.7 Å². The van der Waals surface area contributed by atoms with Crippen molar-refractivity contribution in [2.45, 2.75) is 19.3 Å². The minimum absolute atomic E-state index is 0.0611. The highest BCUT2D eigenvalue weighted by Crippen LogP contribution is 2.51. The molecule has 0 bridgehead atoms. The van der Waals surface area contributed by atoms with Crippen LogP contribution < -0.4 is 4.90 Å². The third-order valence-electron chi connectivity index (χ3n) is 10.7. The summed E-state index contributed by atoms with van der Waals surface area (Å²) in [7, 11) is 0. The van der Waals surface area contributed by atoms with Crippen molar-refractivity contribution in [2.75, 3.05) is 4.90 Å². The predicted octanol–water partition coefficient (Wildman–Crippen LogP) is 13.5. The van der Waals surface area contributed by atoms with Crippen molar-refractivity contribution in [3.63, 3.8) is 0 Å². The Morgan fingerprint density at radius 3 is 2.10 bits per heavy atom. The molecule has 0 amide bonds. The standard InChI is InChI=1S/C46H30N2O2S/c1-46(2)37-14-8-6-12-31(37)35-22-28(18-21-38(35)46)48(30-17-20-34-33-13-7-9-15-43(33)51-44(34)24-30)29-16-19-32-36-25-42-39(26-41(36)49-40(32)23-29)47-45(50-42)27-10-4-3-5-11-27/h3-26H,1-2H3. The second-order valence-electron chi connectivity index (χ2n) is 14.0. The molecule has 3 heterocycles. The number of benzene rings is 7. The van der Waals surface area contributed by atoms with Crippen LogP contribution in [-0.4, -0.2) is 4.98 Å². The van der Waals surface area contributed by atoms with Gasteiger partial charge in [-0.2, -0.15) is 0 Å². The van der Waals surface area contributed by atoms with Gasteiger partial charge in [0, 0.05) is 71.1 Å². The molecule has 10 aromatic rings. The number of anilines is 3. The Balaban J connectivity index is 1.09. The van der Waals surface area contributed by atoms with Crippen LogP contribution in [0, 0.1) is 0 Å². The summed E-state index contributed by atoms with van der Waals surface area (Å²) in [6.45, 7) is 4.66. The summed E-state index contributed by atoms with van der Waals surface area (Å²) >= 11 is 1.84. The van der Waals surface area contributed by atoms with E-state index in [1.165, 1.54) is 42.4 Å². The molecule has 242 valence electrons. The number of hydrogen-bond acceptors (Lipinski definition) is 5. The lowest BCUT2D eigenvalue weighted by molar-refractivity contribution is 0.620. The highest BCUT2D eigenvalue weighted by molar-refractivity contribution is 7.25. The van der Waals surface area contributed by atoms with E-state index in [2.05, 4.69) is 128 Å². The third kappa shape index (κ3) is 4.22. The Hall–Kier alpha value is -6.17. The number of rotatable bonds is 4. The maximum Gasteiger partial charge on any atom is 0.227 e. The average Bonchev–Trinajstić information content (AvgIpc) is 3.90. The van der Waals surface area contributed by atoms with Gasteiger partial charge in [0.15, 0.2) is 5.58 Å². The largest absolute Gasteiger partial charge is 0.456 e. The molecule has 11 rings (SSSR count). The van der Waals surface area contributed by atoms with Crippen molar-refractivity contribution in [3.05, 3.63) is 157 Å². The zero-order valence-electron chi connectivity index (χ0n) is 28.0. The molecule has 0 saturated carbocycles. The van der Waals surface area contributed by atoms with E-state index in [9.17, 15) is 0 Å². The van der Waals surface area contributed by atoms with Crippen molar-refractivity contribution in [1.29, 1.82) is 0 Å². The molecule has 0 radical (unpaired) electrons. The summed E-state index contributed by atoms with van der Waals surface area (Å²) in [4.78, 5) is 7.15. The number of furan rings is 1. The van der Waals surface area contributed by atoms with E-state index in [1.54, 1.807) is 0 Å². The number of aromatic nitrogens is 1. The molecule has 3 aromatic heterocycles. The van der Waals surface area contributed by atoms with Gasteiger partial charge in [-0.15, -0.1) is 11.3 Å². The van der Waals surface area contributed by atoms with Crippen LogP contribution in [0.1, 0.15) is 25.0 Å². The first kappa shape index (κ1) is 28.6. The second kappa shape index (κ2) is 10.4. The Labute approximate surface area is 297 Å². The smallest absolute Gasteiger partial charge is 0.227 e. The van der Waals surface area contributed by atoms with Crippen LogP contribution in [-0.2, 0) is 5.41 Å². The maximum atomic E-state index is 6.59. The van der Waals surface area contributed by atoms with E-state index < -0.39 is 0 Å². The molecule has 1 aliphatic carbocycles. The van der Waals surface area contributed by atoms with Crippen LogP contribution in [0.3, 0.4) is 0 Å². The topological polar surface area (TPSA) is 42.4 Å². The zero-order valence-corrected chi connectivity index (χ0v) is 28.8. The summed E-state index contributed by atoms with van der Waals surface area (Å²) in [6.07, 6.45) is 0. The van der Waals surface area contributed by atoms with Gasteiger partial charge in [-0.1, -0.05) is 86.6 Å². The monoisotopic (exact) mass is 674 g/mol. The van der Waals surface area contributed by atoms with Crippen molar-refractivity contribution in [2.24, 2.45) is 0 Å². The van der Waals surface area contributed by atoms with Gasteiger partial charge < -0.3 is 13.7 Å². The van der Waals surface area contributed by atoms with Crippen LogP contribution in [0.15, 0.2) is 154 Å². The molecule has 1 aliphatic rings. The molecule has 0 N–H and O–H groups in total. The molecular formula is C46H30N2O2S. The summed E-state index contributed by atoms with van der Waals surface area (Å²) in [5.74, 6) is 0.608. The van der Waals surface area contributed by atoms with Gasteiger partial charge in [-0.25, -0.2) is 4.98 Å². The third-order valence-corrected chi connectivity index (χ3v) is 11.8. The summed E-state index contributed by atoms with van der Waals surface area (Å²) in [6, 6.07) is 51.9. The van der Waals surface area contributed by atoms with Crippen LogP contribution in [0.4, 0.5) is 17.1 Å². The Morgan fingerprint density at radius 1 is 0.510 bits per heavy atom. The highest BCUT2D eigenvalue weighted by Gasteiger charge is 2.35. The number of hydrogen-bond donors (Lipinski definition) is 0. The van der Waals surface area contributed by atoms with Gasteiger partial charge in [0.2, 0.25) is 5.89 Å². The molecule has 51 heavy (non-hydrogen) atoms. The molecule has 4 nitrogen and oxygen atoms in total. The first-order chi connectivity index (χ1) is 25.0. The lowest BCUT2D eigenvalue weighted by Gasteiger charge is -2.27. The number of thiophene rings is 1. The van der Waals surface area contributed by atoms with E-state index >= 15 is 0 Å². The summed E-state index contributed by atoms with van der Waals surface area (Å²) < 4.78 is 15.4. The van der Waals surface area contributed by atoms with Gasteiger partial charge in [0.05, 0.1) is 0 Å². The Kier molecular flexibility index (Phi) is 5.85. The number of oxazole rings is 1. The molecule has 0 atom stereocenters. The lowest BCUT2D eigenvalue weighted by atomic mass is 9.82. The SMILES string of the molecule is CC1(C)c2ccccc2-c2cc(N(c3ccc4c(c3)oc3cc5nc(-c6ccccc6)oc5cc34)c3ccc4c(c3)sc3ccccc34)ccc21. The number of fused-ring (bicyclic) bond motifs is 10. The molecule has 0 spiro atoms. The van der Waals surface area contributed by atoms with Crippen LogP contribution in [0.5, 0.6) is 0 Å². The van der Waals surface area contributed by atoms with Crippen molar-refractivity contribution >= 4 is 81.6 Å². The lowest BCUT2D eigenvalue weighted by Crippen LogP contribution is -2.15. The molecule has 5 heteroatoms. The average molecular weight is 675 g/mol. The minimum Gasteiger partial charge on any atom is -0.456 e. The van der Waals surface area contributed by atoms with Crippen molar-refractivity contribution in [1.82, 2.24) is 4.98 Å². The zero-order chi connectivity index (χ0) is 33.8. The first-order valence-corrected chi connectivity index (χ1v) is 18.1. The van der Waals surface area contributed by atoms with E-state index in [1.807, 2.05) is 47.7 Å². The normalized spacial score (nSPS) is 13.5. The Morgan fingerprint density at radius 2 is 1.20 bits per heavy atom. The molecule has 7 aromatic carbocycles. The van der Waals surface area contributed by atoms with Crippen molar-refractivity contribution < 1.29 is 8.83 Å². The van der Waals surface area contributed by atoms with Gasteiger partial charge in [-0.05, 0) is 82.9 Å². The van der Waals surface area contributed by atoms with E-state index in [4.69, 9.17) is 13.8 Å². The van der Waals surface area contributed by atoms with Gasteiger partial charge in [0.25, 0.3) is 0 Å². The fourth-order valence-corrected chi connectivity index (χ4v) is 9.32. The molecule has 0 unspecified atom stereocenters. The van der Waals surface area contributed by atoms with Crippen LogP contribution in [0.2, 0.25) is 0 Å². The summed E-state index contributed by atoms with van der Waals surface area (Å²) in [5, 5.41) is 4.63. The van der Waals surface area contributed by atoms with E-state index in [-0.39, 0.29) is 5.41 Å². The fraction of sp³-hybridized carbons (Fsp3) is 0.0652. The summed E-state index contributed by atoms with van der Waals surface area (Å²) in [5.41, 5.74) is 12.6. The predicted molar refractivity (Wildman–Crippen MR) is 212 cm³/mol. The molecule has 0 saturated heterocycles. The van der Waals surface area contributed by atoms with Crippen LogP contribution >= 0.6 is 11.3 Å². The highest BCUT2D eigenvalue weighted by atomic mass is 32.1. The van der Waals surface area contributed by atoms with Gasteiger partial charge in [-0.3, -0.25) is 0 Å². The number of nitrogens with zero attached hydrogens (tertiary/aromatic N) is 2. The van der Waals surface area contributed by atoms with Gasteiger partial charge in [0.1, 0.15) is 16.7 Å². The van der Waals surface area contributed by atoms with Crippen LogP contribution in [0.25, 0.3) is 75.8 Å². The first-order valence-electron chi connectivity index (χ1n) is 17.3. The van der Waals surface area contributed by atoms with Crippen molar-refractivity contribution in [3.8, 4) is 22.6 Å². The molecule has 0 fully saturated rings. The fourth-order valence-electron chi connectivity index (χ4n) is 8.18. The van der Waals surface area contributed by atoms with E-state index in [0.29, 0.717) is 5.89 Å².